The van der Waals surface area contributed by atoms with Crippen LogP contribution in [-0.4, -0.2) is 24.5 Å². The molecule has 1 aliphatic rings. The zero-order chi connectivity index (χ0) is 25.3. The molecular weight excluding hydrogens is 442 g/mol. The van der Waals surface area contributed by atoms with Crippen molar-refractivity contribution in [3.05, 3.63) is 94.5 Å². The van der Waals surface area contributed by atoms with Crippen molar-refractivity contribution in [2.45, 2.75) is 77.8 Å². The normalized spacial score (nSPS) is 14.2. The van der Waals surface area contributed by atoms with Crippen LogP contribution in [0.3, 0.4) is 0 Å². The summed E-state index contributed by atoms with van der Waals surface area (Å²) in [7, 11) is 1.45. The van der Waals surface area contributed by atoms with E-state index in [1.54, 1.807) is 0 Å². The molecule has 0 aliphatic heterocycles. The SMILES string of the molecule is CCCCN(Cc1ccc(C2CCCCC2)cc1)Cc1ccc(C(=O)OC)c(-c2ccccc2C)c1. The number of esters is 1. The number of hydrogen-bond acceptors (Lipinski definition) is 3. The van der Waals surface area contributed by atoms with Crippen molar-refractivity contribution >= 4 is 5.97 Å². The Labute approximate surface area is 217 Å². The Bertz CT molecular complexity index is 1130. The number of benzene rings is 3. The van der Waals surface area contributed by atoms with Gasteiger partial charge in [-0.2, -0.15) is 0 Å². The Kier molecular flexibility index (Phi) is 9.35. The van der Waals surface area contributed by atoms with Gasteiger partial charge in [0.1, 0.15) is 0 Å². The number of carbonyl (C=O) groups is 1. The smallest absolute Gasteiger partial charge is 0.338 e. The molecule has 36 heavy (non-hydrogen) atoms. The molecule has 0 saturated heterocycles. The fourth-order valence-corrected chi connectivity index (χ4v) is 5.52. The molecular formula is C33H41NO2. The predicted molar refractivity (Wildman–Crippen MR) is 149 cm³/mol. The van der Waals surface area contributed by atoms with Crippen LogP contribution in [0.15, 0.2) is 66.7 Å². The van der Waals surface area contributed by atoms with Crippen molar-refractivity contribution in [3.8, 4) is 11.1 Å². The van der Waals surface area contributed by atoms with Crippen LogP contribution in [0.2, 0.25) is 0 Å². The lowest BCUT2D eigenvalue weighted by atomic mass is 9.84. The molecule has 0 heterocycles. The molecule has 0 amide bonds. The van der Waals surface area contributed by atoms with E-state index in [2.05, 4.69) is 67.3 Å². The number of hydrogen-bond donors (Lipinski definition) is 0. The Morgan fingerprint density at radius 1 is 0.889 bits per heavy atom. The number of ether oxygens (including phenoxy) is 1. The molecule has 0 radical (unpaired) electrons. The molecule has 4 rings (SSSR count). The van der Waals surface area contributed by atoms with Crippen LogP contribution in [0, 0.1) is 6.92 Å². The lowest BCUT2D eigenvalue weighted by Crippen LogP contribution is -2.24. The molecule has 0 bridgehead atoms. The fourth-order valence-electron chi connectivity index (χ4n) is 5.52. The maximum Gasteiger partial charge on any atom is 0.338 e. The second-order valence-corrected chi connectivity index (χ2v) is 10.3. The molecule has 3 aromatic rings. The molecule has 3 aromatic carbocycles. The molecule has 0 unspecified atom stereocenters. The Hall–Kier alpha value is -2.91. The zero-order valence-electron chi connectivity index (χ0n) is 22.3. The van der Waals surface area contributed by atoms with Crippen molar-refractivity contribution in [2.75, 3.05) is 13.7 Å². The molecule has 1 saturated carbocycles. The number of rotatable bonds is 10. The van der Waals surface area contributed by atoms with E-state index in [1.165, 1.54) is 68.7 Å². The first-order chi connectivity index (χ1) is 17.6. The van der Waals surface area contributed by atoms with E-state index in [4.69, 9.17) is 4.74 Å². The first-order valence-electron chi connectivity index (χ1n) is 13.7. The summed E-state index contributed by atoms with van der Waals surface area (Å²) in [5.41, 5.74) is 7.91. The van der Waals surface area contributed by atoms with Gasteiger partial charge in [-0.15, -0.1) is 0 Å². The van der Waals surface area contributed by atoms with Gasteiger partial charge in [0, 0.05) is 13.1 Å². The van der Waals surface area contributed by atoms with Crippen LogP contribution < -0.4 is 0 Å². The van der Waals surface area contributed by atoms with Crippen LogP contribution in [0.5, 0.6) is 0 Å². The van der Waals surface area contributed by atoms with Crippen molar-refractivity contribution < 1.29 is 9.53 Å². The highest BCUT2D eigenvalue weighted by Crippen LogP contribution is 2.33. The highest BCUT2D eigenvalue weighted by Gasteiger charge is 2.18. The summed E-state index contributed by atoms with van der Waals surface area (Å²) in [6.07, 6.45) is 9.16. The minimum absolute atomic E-state index is 0.291. The van der Waals surface area contributed by atoms with Gasteiger partial charge in [0.15, 0.2) is 0 Å². The first kappa shape index (κ1) is 26.2. The maximum atomic E-state index is 12.5. The topological polar surface area (TPSA) is 29.5 Å². The van der Waals surface area contributed by atoms with Crippen LogP contribution in [0.1, 0.15) is 90.4 Å². The Balaban J connectivity index is 1.55. The van der Waals surface area contributed by atoms with Gasteiger partial charge < -0.3 is 4.74 Å². The van der Waals surface area contributed by atoms with Crippen molar-refractivity contribution in [1.29, 1.82) is 0 Å². The summed E-state index contributed by atoms with van der Waals surface area (Å²) in [5, 5.41) is 0. The van der Waals surface area contributed by atoms with Crippen LogP contribution in [0.25, 0.3) is 11.1 Å². The molecule has 3 nitrogen and oxygen atoms in total. The monoisotopic (exact) mass is 483 g/mol. The molecule has 0 atom stereocenters. The quantitative estimate of drug-likeness (QED) is 0.272. The number of methoxy groups -OCH3 is 1. The van der Waals surface area contributed by atoms with Crippen LogP contribution in [-0.2, 0) is 17.8 Å². The van der Waals surface area contributed by atoms with E-state index in [9.17, 15) is 4.79 Å². The van der Waals surface area contributed by atoms with Gasteiger partial charge >= 0.3 is 5.97 Å². The van der Waals surface area contributed by atoms with Crippen LogP contribution >= 0.6 is 0 Å². The first-order valence-corrected chi connectivity index (χ1v) is 13.7. The van der Waals surface area contributed by atoms with Gasteiger partial charge in [-0.3, -0.25) is 4.90 Å². The second-order valence-electron chi connectivity index (χ2n) is 10.3. The van der Waals surface area contributed by atoms with Gasteiger partial charge in [0.25, 0.3) is 0 Å². The number of nitrogens with zero attached hydrogens (tertiary/aromatic N) is 1. The number of unbranched alkanes of at least 4 members (excludes halogenated alkanes) is 1. The van der Waals surface area contributed by atoms with Crippen molar-refractivity contribution in [1.82, 2.24) is 4.90 Å². The third kappa shape index (κ3) is 6.64. The third-order valence-corrected chi connectivity index (χ3v) is 7.62. The lowest BCUT2D eigenvalue weighted by Gasteiger charge is -2.24. The zero-order valence-corrected chi connectivity index (χ0v) is 22.3. The maximum absolute atomic E-state index is 12.5. The molecule has 190 valence electrons. The van der Waals surface area contributed by atoms with Gasteiger partial charge in [-0.1, -0.05) is 87.2 Å². The summed E-state index contributed by atoms with van der Waals surface area (Å²) in [6.45, 7) is 7.18. The summed E-state index contributed by atoms with van der Waals surface area (Å²) >= 11 is 0. The summed E-state index contributed by atoms with van der Waals surface area (Å²) in [5.74, 6) is 0.456. The van der Waals surface area contributed by atoms with Crippen LogP contribution in [0.4, 0.5) is 0 Å². The minimum Gasteiger partial charge on any atom is -0.465 e. The molecule has 3 heteroatoms. The Morgan fingerprint density at radius 2 is 1.58 bits per heavy atom. The summed E-state index contributed by atoms with van der Waals surface area (Å²) in [4.78, 5) is 15.1. The summed E-state index contributed by atoms with van der Waals surface area (Å²) < 4.78 is 5.10. The van der Waals surface area contributed by atoms with E-state index in [-0.39, 0.29) is 5.97 Å². The van der Waals surface area contributed by atoms with E-state index in [1.807, 2.05) is 18.2 Å². The largest absolute Gasteiger partial charge is 0.465 e. The van der Waals surface area contributed by atoms with Crippen molar-refractivity contribution in [3.63, 3.8) is 0 Å². The fraction of sp³-hybridized carbons (Fsp3) is 0.424. The average molecular weight is 484 g/mol. The average Bonchev–Trinajstić information content (AvgIpc) is 2.92. The molecule has 0 spiro atoms. The standard InChI is InChI=1S/C33H41NO2/c1-4-5-21-34(23-26-15-18-29(19-16-26)28-12-7-6-8-13-28)24-27-17-20-31(33(35)36-3)32(22-27)30-14-10-9-11-25(30)2/h9-11,14-20,22,28H,4-8,12-13,21,23-24H2,1-3H3. The molecule has 0 aromatic heterocycles. The van der Waals surface area contributed by atoms with Gasteiger partial charge in [0.05, 0.1) is 12.7 Å². The second kappa shape index (κ2) is 12.9. The van der Waals surface area contributed by atoms with E-state index < -0.39 is 0 Å². The highest BCUT2D eigenvalue weighted by atomic mass is 16.5. The molecule has 0 N–H and O–H groups in total. The lowest BCUT2D eigenvalue weighted by molar-refractivity contribution is 0.0601. The van der Waals surface area contributed by atoms with Gasteiger partial charge in [0.2, 0.25) is 0 Å². The van der Waals surface area contributed by atoms with Gasteiger partial charge in [-0.05, 0) is 84.2 Å². The van der Waals surface area contributed by atoms with Crippen molar-refractivity contribution in [2.24, 2.45) is 0 Å². The summed E-state index contributed by atoms with van der Waals surface area (Å²) in [6, 6.07) is 23.8. The number of aryl methyl sites for hydroxylation is 1. The molecule has 1 fully saturated rings. The van der Waals surface area contributed by atoms with Gasteiger partial charge in [-0.25, -0.2) is 4.79 Å². The van der Waals surface area contributed by atoms with E-state index in [0.717, 1.165) is 42.2 Å². The molecule has 1 aliphatic carbocycles. The van der Waals surface area contributed by atoms with E-state index >= 15 is 0 Å². The number of carbonyl (C=O) groups excluding carboxylic acids is 1. The third-order valence-electron chi connectivity index (χ3n) is 7.62. The van der Waals surface area contributed by atoms with E-state index in [0.29, 0.717) is 5.56 Å². The minimum atomic E-state index is -0.291. The highest BCUT2D eigenvalue weighted by molar-refractivity contribution is 5.97. The predicted octanol–water partition coefficient (Wildman–Crippen LogP) is 8.30. The Morgan fingerprint density at radius 3 is 2.28 bits per heavy atom.